The van der Waals surface area contributed by atoms with Gasteiger partial charge in [-0.2, -0.15) is 0 Å². The summed E-state index contributed by atoms with van der Waals surface area (Å²) >= 11 is 0. The molecule has 80 heavy (non-hydrogen) atoms. The predicted octanol–water partition coefficient (Wildman–Crippen LogP) is 1.66. The fourth-order valence-electron chi connectivity index (χ4n) is 11.0. The van der Waals surface area contributed by atoms with Crippen molar-refractivity contribution in [2.24, 2.45) is 0 Å². The topological polar surface area (TPSA) is 334 Å². The highest BCUT2D eigenvalue weighted by molar-refractivity contribution is 6.78. The summed E-state index contributed by atoms with van der Waals surface area (Å²) in [5.74, 6) is -4.54. The average Bonchev–Trinajstić information content (AvgIpc) is 3.53. The number of benzene rings is 2. The number of fused-ring (bicyclic) bond motifs is 2. The monoisotopic (exact) mass is 1150 g/mol. The number of hydrogen-bond acceptors (Lipinski definition) is 21. The van der Waals surface area contributed by atoms with Crippen molar-refractivity contribution in [2.75, 3.05) is 19.8 Å². The van der Waals surface area contributed by atoms with E-state index in [0.29, 0.717) is 11.1 Å². The summed E-state index contributed by atoms with van der Waals surface area (Å²) < 4.78 is 81.6. The third kappa shape index (κ3) is 13.0. The minimum Gasteiger partial charge on any atom is -0.479 e. The Morgan fingerprint density at radius 1 is 0.588 bits per heavy atom. The first-order valence-corrected chi connectivity index (χ1v) is 29.0. The number of rotatable bonds is 17. The first-order chi connectivity index (χ1) is 37.7. The maximum Gasteiger partial charge on any atom is 0.335 e. The number of amides is 2. The average molecular weight is 1150 g/mol. The Kier molecular flexibility index (Phi) is 19.4. The van der Waals surface area contributed by atoms with E-state index in [4.69, 9.17) is 61.3 Å². The van der Waals surface area contributed by atoms with E-state index in [1.807, 2.05) is 48.1 Å². The van der Waals surface area contributed by atoms with Gasteiger partial charge in [-0.05, 0) is 16.6 Å². The number of ether oxygens (including phenoxy) is 12. The van der Waals surface area contributed by atoms with E-state index >= 15 is 0 Å². The quantitative estimate of drug-likeness (QED) is 0.0825. The predicted molar refractivity (Wildman–Crippen MR) is 276 cm³/mol. The zero-order chi connectivity index (χ0) is 58.2. The Balaban J connectivity index is 1.10. The fraction of sp³-hybridized carbons (Fsp3) is 0.667. The minimum absolute atomic E-state index is 0.0483. The van der Waals surface area contributed by atoms with Gasteiger partial charge in [-0.25, -0.2) is 9.59 Å². The van der Waals surface area contributed by atoms with Gasteiger partial charge in [0.15, 0.2) is 49.9 Å². The van der Waals surface area contributed by atoms with Crippen molar-refractivity contribution in [1.29, 1.82) is 0 Å². The molecule has 26 heteroatoms. The van der Waals surface area contributed by atoms with Crippen molar-refractivity contribution >= 4 is 32.1 Å². The molecule has 2 aromatic rings. The Morgan fingerprint density at radius 2 is 0.988 bits per heavy atom. The lowest BCUT2D eigenvalue weighted by atomic mass is 9.93. The molecule has 6 heterocycles. The maximum atomic E-state index is 13.4. The van der Waals surface area contributed by atoms with Crippen LogP contribution >= 0.6 is 0 Å². The van der Waals surface area contributed by atoms with Gasteiger partial charge in [0.05, 0.1) is 19.8 Å². The number of carbonyl (C=O) groups is 4. The highest BCUT2D eigenvalue weighted by Gasteiger charge is 2.62. The van der Waals surface area contributed by atoms with Crippen LogP contribution in [0.5, 0.6) is 0 Å². The molecular weight excluding hydrogens is 1070 g/mol. The summed E-state index contributed by atoms with van der Waals surface area (Å²) in [6.07, 6.45) is -31.1. The molecule has 6 saturated heterocycles. The largest absolute Gasteiger partial charge is 0.479 e. The van der Waals surface area contributed by atoms with Gasteiger partial charge in [0, 0.05) is 25.0 Å². The number of aliphatic carboxylic acids is 2. The number of aliphatic hydroxyl groups excluding tert-OH is 4. The molecule has 0 bridgehead atoms. The van der Waals surface area contributed by atoms with Gasteiger partial charge in [-0.3, -0.25) is 9.59 Å². The number of carboxylic acids is 2. The minimum atomic E-state index is -3.07. The number of hydrogen-bond donors (Lipinski definition) is 8. The molecule has 0 radical (unpaired) electrons. The zero-order valence-corrected chi connectivity index (χ0v) is 47.0. The summed E-state index contributed by atoms with van der Waals surface area (Å²) in [5.41, 5.74) is 1.17. The van der Waals surface area contributed by atoms with Crippen LogP contribution in [0.4, 0.5) is 0 Å². The van der Waals surface area contributed by atoms with E-state index in [0.717, 1.165) is 6.92 Å². The van der Waals surface area contributed by atoms with Gasteiger partial charge in [-0.1, -0.05) is 108 Å². The summed E-state index contributed by atoms with van der Waals surface area (Å²) in [6.45, 7) is 19.3. The normalized spacial score (nSPS) is 38.7. The maximum absolute atomic E-state index is 13.4. The zero-order valence-electron chi connectivity index (χ0n) is 46.0. The molecule has 2 amide bonds. The van der Waals surface area contributed by atoms with Crippen LogP contribution in [0.1, 0.15) is 79.1 Å². The van der Waals surface area contributed by atoms with E-state index in [9.17, 15) is 49.8 Å². The van der Waals surface area contributed by atoms with Gasteiger partial charge in [-0.15, -0.1) is 6.58 Å². The van der Waals surface area contributed by atoms with Gasteiger partial charge < -0.3 is 103 Å². The second-order valence-electron chi connectivity index (χ2n) is 22.9. The van der Waals surface area contributed by atoms with Gasteiger partial charge in [0.1, 0.15) is 85.3 Å². The first kappa shape index (κ1) is 61.7. The molecule has 0 aromatic heterocycles. The molecule has 6 aliphatic heterocycles. The SMILES string of the molecule is C=CCO[C@@H]1OC2COC(c3ccccc3)O[C@@H]2[C@H](O[C@@H]2OC(C(=O)O)[C@@H](O[C@@H]3OC4COC(c5ccccc5)O[C@@H]4[C@H](O[C@@H]4OC(C(=O)O)[C@@H](O[Si](C)(C(C)(C)C)C(C)(C)C)[C@H](O)C4O)C3NC(C)=O)[C@H](O)C2O)C1NC(C)=O. The molecule has 25 nitrogen and oxygen atoms in total. The number of carbonyl (C=O) groups excluding carboxylic acids is 2. The molecule has 22 atom stereocenters. The second kappa shape index (κ2) is 25.2. The number of carboxylic acid groups (broad SMARTS) is 2. The summed E-state index contributed by atoms with van der Waals surface area (Å²) in [4.78, 5) is 52.6. The van der Waals surface area contributed by atoms with Crippen molar-refractivity contribution in [2.45, 2.75) is 207 Å². The third-order valence-electron chi connectivity index (χ3n) is 15.6. The van der Waals surface area contributed by atoms with E-state index in [2.05, 4.69) is 17.2 Å². The first-order valence-electron chi connectivity index (χ1n) is 26.6. The van der Waals surface area contributed by atoms with Gasteiger partial charge in [0.25, 0.3) is 0 Å². The highest BCUT2D eigenvalue weighted by Crippen LogP contribution is 2.53. The van der Waals surface area contributed by atoms with Crippen LogP contribution in [0.15, 0.2) is 73.3 Å². The van der Waals surface area contributed by atoms with Crippen molar-refractivity contribution < 1.29 is 111 Å². The molecule has 8 rings (SSSR count). The molecule has 2 aromatic carbocycles. The van der Waals surface area contributed by atoms with Crippen molar-refractivity contribution in [3.8, 4) is 0 Å². The molecule has 444 valence electrons. The summed E-state index contributed by atoms with van der Waals surface area (Å²) in [7, 11) is -3.07. The molecule has 6 aliphatic rings. The third-order valence-corrected chi connectivity index (χ3v) is 22.1. The molecular formula is C54H76N2O23Si. The van der Waals surface area contributed by atoms with Crippen molar-refractivity contribution in [1.82, 2.24) is 10.6 Å². The number of nitrogens with one attached hydrogen (secondary N) is 2. The Labute approximate surface area is 464 Å². The standard InChI is InChI=1S/C54H76N2O23Si/c1-11-22-67-49-31(55-25(2)57)39(37-29(70-49)23-68-47(72-37)27-18-14-12-15-19-27)74-51-35(61)33(59)41(43(77-51)45(63)64)76-50-32(56-26(3)58)40(38-30(71-50)24-69-48(73-38)28-20-16-13-17-21-28)75-52-36(62)34(60)42(44(78-52)46(65)66)79-80(10,53(4,5)6)54(7,8)9/h11-21,29-44,47-52,59-62H,1,22-24H2,2-10H3,(H,55,57)(H,56,58)(H,63,64)(H,65,66)/t29?,30?,31?,32?,33-,34-,35?,36?,37+,38+,39-,40-,41+,42+,43?,44?,47?,48?,49-,50+,51-,52-/m1/s1. The lowest BCUT2D eigenvalue weighted by molar-refractivity contribution is -0.395. The molecule has 0 aliphatic carbocycles. The lowest BCUT2D eigenvalue weighted by Crippen LogP contribution is -2.72. The smallest absolute Gasteiger partial charge is 0.335 e. The van der Waals surface area contributed by atoms with Crippen LogP contribution in [0.3, 0.4) is 0 Å². The van der Waals surface area contributed by atoms with E-state index in [1.54, 1.807) is 60.7 Å². The highest BCUT2D eigenvalue weighted by atomic mass is 28.4. The van der Waals surface area contributed by atoms with Gasteiger partial charge >= 0.3 is 11.9 Å². The van der Waals surface area contributed by atoms with Crippen molar-refractivity contribution in [3.05, 3.63) is 84.4 Å². The number of aliphatic hydroxyl groups is 4. The summed E-state index contributed by atoms with van der Waals surface area (Å²) in [6, 6.07) is 14.8. The Morgan fingerprint density at radius 3 is 1.40 bits per heavy atom. The second-order valence-corrected chi connectivity index (χ2v) is 28.2. The van der Waals surface area contributed by atoms with Crippen LogP contribution in [0.2, 0.25) is 16.6 Å². The Hall–Kier alpha value is -4.40. The molecule has 10 unspecified atom stereocenters. The molecule has 8 N–H and O–H groups in total. The van der Waals surface area contributed by atoms with Crippen LogP contribution in [0, 0.1) is 0 Å². The fourth-order valence-corrected chi connectivity index (χ4v) is 14.8. The van der Waals surface area contributed by atoms with E-state index in [1.165, 1.54) is 13.0 Å². The van der Waals surface area contributed by atoms with Crippen LogP contribution in [0.25, 0.3) is 0 Å². The lowest BCUT2D eigenvalue weighted by Gasteiger charge is -2.54. The van der Waals surface area contributed by atoms with E-state index < -0.39 is 177 Å². The van der Waals surface area contributed by atoms with Crippen LogP contribution < -0.4 is 10.6 Å². The van der Waals surface area contributed by atoms with Crippen LogP contribution in [-0.2, 0) is 80.4 Å². The molecule has 0 saturated carbocycles. The summed E-state index contributed by atoms with van der Waals surface area (Å²) in [5, 5.41) is 73.8. The van der Waals surface area contributed by atoms with E-state index in [-0.39, 0.29) is 19.8 Å². The Bertz CT molecular complexity index is 2440. The van der Waals surface area contributed by atoms with Crippen LogP contribution in [-0.4, -0.2) is 205 Å². The molecule has 0 spiro atoms. The van der Waals surface area contributed by atoms with Gasteiger partial charge in [0.2, 0.25) is 20.1 Å². The molecule has 6 fully saturated rings. The van der Waals surface area contributed by atoms with Crippen molar-refractivity contribution in [3.63, 3.8) is 0 Å².